The zero-order chi connectivity index (χ0) is 13.2. The predicted octanol–water partition coefficient (Wildman–Crippen LogP) is 1.69. The highest BCUT2D eigenvalue weighted by molar-refractivity contribution is 5.88. The lowest BCUT2D eigenvalue weighted by atomic mass is 10.1. The van der Waals surface area contributed by atoms with Gasteiger partial charge in [0.25, 0.3) is 0 Å². The summed E-state index contributed by atoms with van der Waals surface area (Å²) in [5.74, 6) is -0.979. The predicted molar refractivity (Wildman–Crippen MR) is 68.4 cm³/mol. The number of carbonyl (C=O) groups is 1. The van der Waals surface area contributed by atoms with Gasteiger partial charge < -0.3 is 5.11 Å². The Morgan fingerprint density at radius 1 is 1.26 bits per heavy atom. The Labute approximate surface area is 110 Å². The highest BCUT2D eigenvalue weighted by Gasteiger charge is 2.21. The van der Waals surface area contributed by atoms with Crippen LogP contribution in [0.15, 0.2) is 36.8 Å². The molecule has 1 aromatic heterocycles. The van der Waals surface area contributed by atoms with Crippen LogP contribution in [-0.2, 0) is 19.6 Å². The van der Waals surface area contributed by atoms with Crippen LogP contribution in [-0.4, -0.2) is 25.9 Å². The van der Waals surface area contributed by atoms with Crippen molar-refractivity contribution in [2.75, 3.05) is 0 Å². The van der Waals surface area contributed by atoms with E-state index in [1.807, 2.05) is 12.1 Å². The summed E-state index contributed by atoms with van der Waals surface area (Å²) in [5, 5.41) is 9.11. The highest BCUT2D eigenvalue weighted by atomic mass is 16.4. The lowest BCUT2D eigenvalue weighted by Gasteiger charge is -2.15. The topological polar surface area (TPSA) is 66.3 Å². The Kier molecular flexibility index (Phi) is 2.97. The smallest absolute Gasteiger partial charge is 0.339 e. The fourth-order valence-corrected chi connectivity index (χ4v) is 2.39. The van der Waals surface area contributed by atoms with E-state index in [9.17, 15) is 4.79 Å². The van der Waals surface area contributed by atoms with E-state index in [1.54, 1.807) is 0 Å². The Bertz CT molecular complexity index is 603. The molecule has 0 saturated heterocycles. The van der Waals surface area contributed by atoms with Crippen LogP contribution in [0.1, 0.15) is 27.2 Å². The molecular weight excluding hydrogens is 242 g/mol. The van der Waals surface area contributed by atoms with E-state index in [4.69, 9.17) is 5.11 Å². The standard InChI is InChI=1S/C14H13N3O2/c18-14(19)12-5-15-9-16-13(12)8-17-6-10-3-1-2-4-11(10)7-17/h1-5,9H,6-8H2,(H,18,19). The van der Waals surface area contributed by atoms with Gasteiger partial charge in [-0.05, 0) is 11.1 Å². The van der Waals surface area contributed by atoms with Gasteiger partial charge in [0.2, 0.25) is 0 Å². The van der Waals surface area contributed by atoms with Crippen LogP contribution in [0.3, 0.4) is 0 Å². The van der Waals surface area contributed by atoms with Crippen LogP contribution in [0.4, 0.5) is 0 Å². The maximum absolute atomic E-state index is 11.1. The fraction of sp³-hybridized carbons (Fsp3) is 0.214. The molecule has 1 aromatic carbocycles. The average Bonchev–Trinajstić information content (AvgIpc) is 2.81. The summed E-state index contributed by atoms with van der Waals surface area (Å²) in [6.07, 6.45) is 2.75. The van der Waals surface area contributed by atoms with Crippen LogP contribution < -0.4 is 0 Å². The van der Waals surface area contributed by atoms with E-state index in [0.29, 0.717) is 12.2 Å². The number of hydrogen-bond donors (Lipinski definition) is 1. The van der Waals surface area contributed by atoms with E-state index >= 15 is 0 Å². The van der Waals surface area contributed by atoms with Gasteiger partial charge in [0.15, 0.2) is 0 Å². The molecule has 2 heterocycles. The molecule has 0 saturated carbocycles. The Balaban J connectivity index is 1.80. The lowest BCUT2D eigenvalue weighted by Crippen LogP contribution is -2.19. The molecule has 0 spiro atoms. The first kappa shape index (κ1) is 11.8. The van der Waals surface area contributed by atoms with Gasteiger partial charge in [-0.1, -0.05) is 24.3 Å². The first-order valence-corrected chi connectivity index (χ1v) is 6.05. The molecule has 0 atom stereocenters. The normalized spacial score (nSPS) is 14.3. The van der Waals surface area contributed by atoms with Crippen molar-refractivity contribution in [3.63, 3.8) is 0 Å². The van der Waals surface area contributed by atoms with E-state index < -0.39 is 5.97 Å². The second-order valence-electron chi connectivity index (χ2n) is 4.60. The molecule has 0 bridgehead atoms. The third-order valence-electron chi connectivity index (χ3n) is 3.30. The minimum absolute atomic E-state index is 0.179. The fourth-order valence-electron chi connectivity index (χ4n) is 2.39. The van der Waals surface area contributed by atoms with E-state index in [-0.39, 0.29) is 5.56 Å². The number of carboxylic acid groups (broad SMARTS) is 1. The monoisotopic (exact) mass is 255 g/mol. The summed E-state index contributed by atoms with van der Waals surface area (Å²) < 4.78 is 0. The maximum atomic E-state index is 11.1. The Morgan fingerprint density at radius 3 is 2.58 bits per heavy atom. The van der Waals surface area contributed by atoms with Crippen LogP contribution in [0, 0.1) is 0 Å². The van der Waals surface area contributed by atoms with Gasteiger partial charge >= 0.3 is 5.97 Å². The van der Waals surface area contributed by atoms with Crippen LogP contribution in [0.25, 0.3) is 0 Å². The molecule has 5 heteroatoms. The number of nitrogens with zero attached hydrogens (tertiary/aromatic N) is 3. The molecule has 96 valence electrons. The van der Waals surface area contributed by atoms with Gasteiger partial charge in [0.05, 0.1) is 5.69 Å². The van der Waals surface area contributed by atoms with Crippen LogP contribution >= 0.6 is 0 Å². The van der Waals surface area contributed by atoms with Crippen molar-refractivity contribution < 1.29 is 9.90 Å². The molecule has 1 aliphatic heterocycles. The lowest BCUT2D eigenvalue weighted by molar-refractivity contribution is 0.0693. The van der Waals surface area contributed by atoms with Crippen molar-refractivity contribution in [2.45, 2.75) is 19.6 Å². The number of carboxylic acids is 1. The van der Waals surface area contributed by atoms with Crippen LogP contribution in [0.5, 0.6) is 0 Å². The van der Waals surface area contributed by atoms with Gasteiger partial charge in [0.1, 0.15) is 11.9 Å². The molecule has 1 N–H and O–H groups in total. The van der Waals surface area contributed by atoms with Gasteiger partial charge in [-0.15, -0.1) is 0 Å². The van der Waals surface area contributed by atoms with E-state index in [0.717, 1.165) is 13.1 Å². The SMILES string of the molecule is O=C(O)c1cncnc1CN1Cc2ccccc2C1. The Hall–Kier alpha value is -2.27. The quantitative estimate of drug-likeness (QED) is 0.904. The van der Waals surface area contributed by atoms with E-state index in [1.165, 1.54) is 23.7 Å². The summed E-state index contributed by atoms with van der Waals surface area (Å²) in [5.41, 5.74) is 3.34. The molecule has 1 aliphatic rings. The van der Waals surface area contributed by atoms with Crippen LogP contribution in [0.2, 0.25) is 0 Å². The largest absolute Gasteiger partial charge is 0.478 e. The van der Waals surface area contributed by atoms with E-state index in [2.05, 4.69) is 27.0 Å². The first-order chi connectivity index (χ1) is 9.24. The van der Waals surface area contributed by atoms with Gasteiger partial charge in [-0.25, -0.2) is 14.8 Å². The summed E-state index contributed by atoms with van der Waals surface area (Å²) in [4.78, 5) is 21.2. The number of hydrogen-bond acceptors (Lipinski definition) is 4. The van der Waals surface area contributed by atoms with Crippen molar-refractivity contribution in [1.82, 2.24) is 14.9 Å². The summed E-state index contributed by atoms with van der Waals surface area (Å²) in [7, 11) is 0. The number of fused-ring (bicyclic) bond motifs is 1. The van der Waals surface area contributed by atoms with Crippen molar-refractivity contribution in [3.05, 3.63) is 59.2 Å². The molecule has 0 radical (unpaired) electrons. The minimum atomic E-state index is -0.979. The summed E-state index contributed by atoms with van der Waals surface area (Å²) in [6, 6.07) is 8.26. The second kappa shape index (κ2) is 4.78. The number of aromatic nitrogens is 2. The molecule has 0 unspecified atom stereocenters. The molecule has 3 rings (SSSR count). The van der Waals surface area contributed by atoms with Gasteiger partial charge in [-0.3, -0.25) is 4.90 Å². The summed E-state index contributed by atoms with van der Waals surface area (Å²) >= 11 is 0. The molecule has 0 fully saturated rings. The zero-order valence-electron chi connectivity index (χ0n) is 10.3. The van der Waals surface area contributed by atoms with Gasteiger partial charge in [0, 0.05) is 25.8 Å². The Morgan fingerprint density at radius 2 is 1.95 bits per heavy atom. The van der Waals surface area contributed by atoms with Gasteiger partial charge in [-0.2, -0.15) is 0 Å². The first-order valence-electron chi connectivity index (χ1n) is 6.05. The minimum Gasteiger partial charge on any atom is -0.478 e. The summed E-state index contributed by atoms with van der Waals surface area (Å²) in [6.45, 7) is 2.19. The number of aromatic carboxylic acids is 1. The molecule has 0 aliphatic carbocycles. The molecule has 5 nitrogen and oxygen atoms in total. The molecule has 0 amide bonds. The molecule has 2 aromatic rings. The van der Waals surface area contributed by atoms with Crippen molar-refractivity contribution in [1.29, 1.82) is 0 Å². The second-order valence-corrected chi connectivity index (χ2v) is 4.60. The third-order valence-corrected chi connectivity index (χ3v) is 3.30. The highest BCUT2D eigenvalue weighted by Crippen LogP contribution is 2.23. The third kappa shape index (κ3) is 2.32. The van der Waals surface area contributed by atoms with Crippen molar-refractivity contribution in [2.24, 2.45) is 0 Å². The molecular formula is C14H13N3O2. The number of benzene rings is 1. The maximum Gasteiger partial charge on any atom is 0.339 e. The van der Waals surface area contributed by atoms with Crippen molar-refractivity contribution in [3.8, 4) is 0 Å². The van der Waals surface area contributed by atoms with Crippen molar-refractivity contribution >= 4 is 5.97 Å². The number of rotatable bonds is 3. The zero-order valence-corrected chi connectivity index (χ0v) is 10.3. The average molecular weight is 255 g/mol. The molecule has 19 heavy (non-hydrogen) atoms.